The molecule has 0 radical (unpaired) electrons. The summed E-state index contributed by atoms with van der Waals surface area (Å²) >= 11 is 0. The van der Waals surface area contributed by atoms with Crippen molar-refractivity contribution in [3.63, 3.8) is 0 Å². The molecular weight excluding hydrogens is 206 g/mol. The summed E-state index contributed by atoms with van der Waals surface area (Å²) in [6.45, 7) is 4.96. The molecule has 2 N–H and O–H groups in total. The molecule has 0 rings (SSSR count). The Bertz CT molecular complexity index is 294. The molecule has 84 valence electrons. The SMILES string of the molecule is CCCNS(=O)(=O)CC(C)(C)C(=O)O. The predicted octanol–water partition coefficient (Wildman–Crippen LogP) is 0.427. The molecule has 0 aliphatic heterocycles. The number of hydrogen-bond donors (Lipinski definition) is 2. The summed E-state index contributed by atoms with van der Waals surface area (Å²) in [5, 5.41) is 8.74. The lowest BCUT2D eigenvalue weighted by atomic mass is 9.97. The van der Waals surface area contributed by atoms with Gasteiger partial charge < -0.3 is 5.11 Å². The molecule has 0 aliphatic carbocycles. The molecule has 0 bridgehead atoms. The van der Waals surface area contributed by atoms with Crippen molar-refractivity contribution in [2.24, 2.45) is 5.41 Å². The maximum atomic E-state index is 11.3. The van der Waals surface area contributed by atoms with Crippen LogP contribution in [0.5, 0.6) is 0 Å². The fourth-order valence-corrected chi connectivity index (χ4v) is 2.54. The second-order valence-electron chi connectivity index (χ2n) is 3.84. The normalized spacial score (nSPS) is 12.8. The van der Waals surface area contributed by atoms with Crippen molar-refractivity contribution in [3.8, 4) is 0 Å². The summed E-state index contributed by atoms with van der Waals surface area (Å²) < 4.78 is 25.0. The van der Waals surface area contributed by atoms with Crippen LogP contribution >= 0.6 is 0 Å². The highest BCUT2D eigenvalue weighted by atomic mass is 32.2. The second-order valence-corrected chi connectivity index (χ2v) is 5.65. The van der Waals surface area contributed by atoms with E-state index in [2.05, 4.69) is 4.72 Å². The van der Waals surface area contributed by atoms with Crippen molar-refractivity contribution < 1.29 is 18.3 Å². The minimum atomic E-state index is -3.48. The van der Waals surface area contributed by atoms with Crippen LogP contribution in [-0.4, -0.2) is 31.8 Å². The van der Waals surface area contributed by atoms with E-state index in [9.17, 15) is 13.2 Å². The quantitative estimate of drug-likeness (QED) is 0.684. The maximum absolute atomic E-state index is 11.3. The lowest BCUT2D eigenvalue weighted by Crippen LogP contribution is -2.38. The van der Waals surface area contributed by atoms with Crippen LogP contribution < -0.4 is 4.72 Å². The topological polar surface area (TPSA) is 83.5 Å². The lowest BCUT2D eigenvalue weighted by Gasteiger charge is -2.18. The smallest absolute Gasteiger partial charge is 0.310 e. The second kappa shape index (κ2) is 4.75. The van der Waals surface area contributed by atoms with Gasteiger partial charge in [-0.1, -0.05) is 6.92 Å². The van der Waals surface area contributed by atoms with Gasteiger partial charge in [-0.3, -0.25) is 4.79 Å². The van der Waals surface area contributed by atoms with Crippen molar-refractivity contribution >= 4 is 16.0 Å². The zero-order valence-electron chi connectivity index (χ0n) is 8.70. The standard InChI is InChI=1S/C8H17NO4S/c1-4-5-9-14(12,13)6-8(2,3)7(10)11/h9H,4-6H2,1-3H3,(H,10,11). The van der Waals surface area contributed by atoms with Gasteiger partial charge in [0.15, 0.2) is 0 Å². The van der Waals surface area contributed by atoms with Gasteiger partial charge in [-0.2, -0.15) is 0 Å². The molecular formula is C8H17NO4S. The van der Waals surface area contributed by atoms with Crippen LogP contribution in [0.3, 0.4) is 0 Å². The summed E-state index contributed by atoms with van der Waals surface area (Å²) in [5.41, 5.74) is -1.25. The average molecular weight is 223 g/mol. The minimum absolute atomic E-state index is 0.345. The summed E-state index contributed by atoms with van der Waals surface area (Å²) in [6, 6.07) is 0. The monoisotopic (exact) mass is 223 g/mol. The highest BCUT2D eigenvalue weighted by molar-refractivity contribution is 7.89. The first kappa shape index (κ1) is 13.4. The van der Waals surface area contributed by atoms with Gasteiger partial charge in [0, 0.05) is 6.54 Å². The molecule has 0 unspecified atom stereocenters. The zero-order chi connectivity index (χ0) is 11.4. The van der Waals surface area contributed by atoms with Gasteiger partial charge in [0.25, 0.3) is 0 Å². The number of aliphatic carboxylic acids is 1. The van der Waals surface area contributed by atoms with Crippen LogP contribution in [0.4, 0.5) is 0 Å². The highest BCUT2D eigenvalue weighted by Crippen LogP contribution is 2.17. The maximum Gasteiger partial charge on any atom is 0.310 e. The molecule has 0 aromatic carbocycles. The Hall–Kier alpha value is -0.620. The molecule has 0 saturated heterocycles. The number of carboxylic acids is 1. The van der Waals surface area contributed by atoms with Crippen LogP contribution in [-0.2, 0) is 14.8 Å². The molecule has 0 fully saturated rings. The van der Waals surface area contributed by atoms with E-state index in [4.69, 9.17) is 5.11 Å². The Morgan fingerprint density at radius 1 is 1.43 bits per heavy atom. The van der Waals surface area contributed by atoms with Gasteiger partial charge in [0.2, 0.25) is 10.0 Å². The molecule has 0 aromatic heterocycles. The number of carboxylic acid groups (broad SMARTS) is 1. The number of hydrogen-bond acceptors (Lipinski definition) is 3. The van der Waals surface area contributed by atoms with Crippen LogP contribution in [0.15, 0.2) is 0 Å². The molecule has 6 heteroatoms. The van der Waals surface area contributed by atoms with Gasteiger partial charge in [-0.05, 0) is 20.3 Å². The Morgan fingerprint density at radius 2 is 1.93 bits per heavy atom. The molecule has 0 saturated carbocycles. The van der Waals surface area contributed by atoms with Gasteiger partial charge in [-0.25, -0.2) is 13.1 Å². The number of rotatable bonds is 6. The Kier molecular flexibility index (Phi) is 4.54. The summed E-state index contributed by atoms with van der Waals surface area (Å²) in [6.07, 6.45) is 0.687. The van der Waals surface area contributed by atoms with Gasteiger partial charge in [0.1, 0.15) is 0 Å². The molecule has 0 aromatic rings. The Balaban J connectivity index is 4.43. The van der Waals surface area contributed by atoms with Crippen LogP contribution in [0, 0.1) is 5.41 Å². The minimum Gasteiger partial charge on any atom is -0.481 e. The fraction of sp³-hybridized carbons (Fsp3) is 0.875. The van der Waals surface area contributed by atoms with E-state index in [0.717, 1.165) is 0 Å². The van der Waals surface area contributed by atoms with Crippen molar-refractivity contribution in [2.75, 3.05) is 12.3 Å². The van der Waals surface area contributed by atoms with Gasteiger partial charge in [-0.15, -0.1) is 0 Å². The van der Waals surface area contributed by atoms with Gasteiger partial charge >= 0.3 is 5.97 Å². The first-order valence-corrected chi connectivity index (χ1v) is 6.07. The third-order valence-corrected chi connectivity index (χ3v) is 3.45. The van der Waals surface area contributed by atoms with Gasteiger partial charge in [0.05, 0.1) is 11.2 Å². The van der Waals surface area contributed by atoms with E-state index in [1.165, 1.54) is 13.8 Å². The third kappa shape index (κ3) is 4.57. The molecule has 5 nitrogen and oxygen atoms in total. The Morgan fingerprint density at radius 3 is 2.29 bits per heavy atom. The molecule has 0 amide bonds. The third-order valence-electron chi connectivity index (χ3n) is 1.70. The van der Waals surface area contributed by atoms with Crippen molar-refractivity contribution in [2.45, 2.75) is 27.2 Å². The lowest BCUT2D eigenvalue weighted by molar-refractivity contribution is -0.145. The van der Waals surface area contributed by atoms with Crippen LogP contribution in [0.1, 0.15) is 27.2 Å². The molecule has 0 heterocycles. The summed E-state index contributed by atoms with van der Waals surface area (Å²) in [4.78, 5) is 10.7. The number of sulfonamides is 1. The first-order valence-electron chi connectivity index (χ1n) is 4.42. The number of carbonyl (C=O) groups is 1. The molecule has 0 aliphatic rings. The van der Waals surface area contributed by atoms with E-state index in [0.29, 0.717) is 13.0 Å². The first-order chi connectivity index (χ1) is 6.21. The average Bonchev–Trinajstić information content (AvgIpc) is 1.99. The van der Waals surface area contributed by atoms with Crippen molar-refractivity contribution in [1.29, 1.82) is 0 Å². The Labute approximate surface area is 84.6 Å². The molecule has 0 atom stereocenters. The zero-order valence-corrected chi connectivity index (χ0v) is 9.52. The van der Waals surface area contributed by atoms with E-state index in [1.807, 2.05) is 6.92 Å². The fourth-order valence-electron chi connectivity index (χ4n) is 0.845. The van der Waals surface area contributed by atoms with E-state index >= 15 is 0 Å². The summed E-state index contributed by atoms with van der Waals surface area (Å²) in [7, 11) is -3.48. The predicted molar refractivity (Wildman–Crippen MR) is 53.5 cm³/mol. The van der Waals surface area contributed by atoms with Crippen molar-refractivity contribution in [3.05, 3.63) is 0 Å². The highest BCUT2D eigenvalue weighted by Gasteiger charge is 2.32. The van der Waals surface area contributed by atoms with Crippen LogP contribution in [0.25, 0.3) is 0 Å². The van der Waals surface area contributed by atoms with Crippen LogP contribution in [0.2, 0.25) is 0 Å². The van der Waals surface area contributed by atoms with E-state index < -0.39 is 27.2 Å². The van der Waals surface area contributed by atoms with Crippen molar-refractivity contribution in [1.82, 2.24) is 4.72 Å². The molecule has 0 spiro atoms. The summed E-state index contributed by atoms with van der Waals surface area (Å²) in [5.74, 6) is -1.51. The number of nitrogens with one attached hydrogen (secondary N) is 1. The largest absolute Gasteiger partial charge is 0.481 e. The van der Waals surface area contributed by atoms with E-state index in [1.54, 1.807) is 0 Å². The van der Waals surface area contributed by atoms with E-state index in [-0.39, 0.29) is 0 Å². The molecule has 14 heavy (non-hydrogen) atoms.